The van der Waals surface area contributed by atoms with E-state index in [-0.39, 0.29) is 0 Å². The molecule has 0 aromatic heterocycles. The van der Waals surface area contributed by atoms with Gasteiger partial charge >= 0.3 is 0 Å². The lowest BCUT2D eigenvalue weighted by molar-refractivity contribution is 0.322. The summed E-state index contributed by atoms with van der Waals surface area (Å²) in [5.41, 5.74) is 0. The number of hydrogen-bond donors (Lipinski definition) is 2. The Bertz CT molecular complexity index is 480. The molecule has 0 bridgehead atoms. The number of aliphatic imine (C=N–C) groups is 1. The highest BCUT2D eigenvalue weighted by Gasteiger charge is 2.30. The van der Waals surface area contributed by atoms with E-state index in [0.29, 0.717) is 18.5 Å². The van der Waals surface area contributed by atoms with Crippen molar-refractivity contribution in [2.24, 2.45) is 10.9 Å². The highest BCUT2D eigenvalue weighted by molar-refractivity contribution is 7.92. The maximum Gasteiger partial charge on any atom is 0.191 e. The van der Waals surface area contributed by atoms with Crippen molar-refractivity contribution in [2.45, 2.75) is 76.5 Å². The van der Waals surface area contributed by atoms with E-state index >= 15 is 0 Å². The summed E-state index contributed by atoms with van der Waals surface area (Å²) in [6, 6.07) is 0.337. The van der Waals surface area contributed by atoms with Crippen LogP contribution in [0.25, 0.3) is 0 Å². The highest BCUT2D eigenvalue weighted by Crippen LogP contribution is 2.27. The minimum absolute atomic E-state index is 0.337. The molecule has 0 aromatic carbocycles. The minimum Gasteiger partial charge on any atom is -0.355 e. The highest BCUT2D eigenvalue weighted by atomic mass is 32.2. The third kappa shape index (κ3) is 7.10. The predicted octanol–water partition coefficient (Wildman–Crippen LogP) is 2.72. The lowest BCUT2D eigenvalue weighted by Crippen LogP contribution is -2.49. The summed E-state index contributed by atoms with van der Waals surface area (Å²) in [5.74, 6) is 1.56. The van der Waals surface area contributed by atoms with Gasteiger partial charge < -0.3 is 10.6 Å². The zero-order valence-electron chi connectivity index (χ0n) is 15.5. The van der Waals surface area contributed by atoms with Gasteiger partial charge in [-0.05, 0) is 39.5 Å². The molecule has 0 amide bonds. The van der Waals surface area contributed by atoms with Gasteiger partial charge in [-0.25, -0.2) is 8.42 Å². The van der Waals surface area contributed by atoms with Crippen molar-refractivity contribution in [2.75, 3.05) is 19.8 Å². The third-order valence-electron chi connectivity index (χ3n) is 5.02. The first-order valence-electron chi connectivity index (χ1n) is 8.82. The first-order valence-corrected chi connectivity index (χ1v) is 10.7. The summed E-state index contributed by atoms with van der Waals surface area (Å²) in [7, 11) is -1.39. The molecule has 1 unspecified atom stereocenters. The van der Waals surface area contributed by atoms with Gasteiger partial charge in [0.15, 0.2) is 15.8 Å². The fourth-order valence-corrected chi connectivity index (χ4v) is 3.22. The topological polar surface area (TPSA) is 70.6 Å². The smallest absolute Gasteiger partial charge is 0.191 e. The van der Waals surface area contributed by atoms with Gasteiger partial charge in [-0.3, -0.25) is 4.99 Å². The molecule has 0 spiro atoms. The number of rotatable bonds is 7. The minimum atomic E-state index is -3.10. The van der Waals surface area contributed by atoms with E-state index in [9.17, 15) is 8.42 Å². The van der Waals surface area contributed by atoms with Crippen LogP contribution in [0.4, 0.5) is 0 Å². The van der Waals surface area contributed by atoms with Crippen LogP contribution in [-0.4, -0.2) is 45.0 Å². The summed E-state index contributed by atoms with van der Waals surface area (Å²) in [4.78, 5) is 4.21. The summed E-state index contributed by atoms with van der Waals surface area (Å²) in [6.07, 6.45) is 10.6. The molecule has 0 radical (unpaired) electrons. The molecule has 1 aliphatic carbocycles. The van der Waals surface area contributed by atoms with Crippen molar-refractivity contribution >= 4 is 15.8 Å². The van der Waals surface area contributed by atoms with Crippen LogP contribution < -0.4 is 10.6 Å². The Morgan fingerprint density at radius 3 is 2.39 bits per heavy atom. The van der Waals surface area contributed by atoms with E-state index in [0.717, 1.165) is 12.3 Å². The van der Waals surface area contributed by atoms with Gasteiger partial charge in [0.05, 0.1) is 4.75 Å². The molecule has 6 heteroatoms. The Hall–Kier alpha value is -0.780. The molecule has 2 N–H and O–H groups in total. The molecular weight excluding hydrogens is 310 g/mol. The largest absolute Gasteiger partial charge is 0.355 e. The second-order valence-corrected chi connectivity index (χ2v) is 10.2. The quantitative estimate of drug-likeness (QED) is 0.550. The second kappa shape index (κ2) is 8.90. The molecule has 0 heterocycles. The fraction of sp³-hybridized carbons (Fsp3) is 0.941. The fourth-order valence-electron chi connectivity index (χ4n) is 2.89. The van der Waals surface area contributed by atoms with Gasteiger partial charge in [0.25, 0.3) is 0 Å². The van der Waals surface area contributed by atoms with Crippen LogP contribution in [0, 0.1) is 5.92 Å². The van der Waals surface area contributed by atoms with Crippen molar-refractivity contribution in [3.8, 4) is 0 Å². The first-order chi connectivity index (χ1) is 10.7. The Kier molecular flexibility index (Phi) is 7.84. The van der Waals surface area contributed by atoms with E-state index in [1.807, 2.05) is 0 Å². The Labute approximate surface area is 142 Å². The summed E-state index contributed by atoms with van der Waals surface area (Å²) in [6.45, 7) is 5.97. The number of nitrogens with one attached hydrogen (secondary N) is 2. The zero-order valence-corrected chi connectivity index (χ0v) is 16.3. The number of nitrogens with zero attached hydrogens (tertiary/aromatic N) is 1. The molecule has 0 aliphatic heterocycles. The number of hydrogen-bond acceptors (Lipinski definition) is 3. The van der Waals surface area contributed by atoms with Gasteiger partial charge in [-0.1, -0.05) is 32.1 Å². The van der Waals surface area contributed by atoms with Crippen molar-refractivity contribution in [3.63, 3.8) is 0 Å². The van der Waals surface area contributed by atoms with Gasteiger partial charge in [0.1, 0.15) is 0 Å². The predicted molar refractivity (Wildman–Crippen MR) is 98.7 cm³/mol. The van der Waals surface area contributed by atoms with Crippen LogP contribution in [0.1, 0.15) is 65.7 Å². The van der Waals surface area contributed by atoms with Crippen molar-refractivity contribution in [3.05, 3.63) is 0 Å². The maximum absolute atomic E-state index is 11.8. The number of guanidine groups is 1. The molecule has 1 atom stereocenters. The molecule has 1 saturated carbocycles. The molecule has 5 nitrogen and oxygen atoms in total. The van der Waals surface area contributed by atoms with Crippen LogP contribution in [0.15, 0.2) is 4.99 Å². The van der Waals surface area contributed by atoms with Crippen LogP contribution in [-0.2, 0) is 9.84 Å². The zero-order chi connectivity index (χ0) is 17.5. The Balaban J connectivity index is 2.37. The molecule has 136 valence electrons. The van der Waals surface area contributed by atoms with Crippen LogP contribution in [0.5, 0.6) is 0 Å². The monoisotopic (exact) mass is 345 g/mol. The first kappa shape index (κ1) is 20.3. The van der Waals surface area contributed by atoms with Crippen LogP contribution in [0.2, 0.25) is 0 Å². The van der Waals surface area contributed by atoms with Crippen LogP contribution in [0.3, 0.4) is 0 Å². The molecular formula is C17H35N3O2S. The van der Waals surface area contributed by atoms with Crippen molar-refractivity contribution < 1.29 is 8.42 Å². The average Bonchev–Trinajstić information content (AvgIpc) is 2.49. The third-order valence-corrected chi connectivity index (χ3v) is 7.18. The molecule has 1 fully saturated rings. The lowest BCUT2D eigenvalue weighted by atomic mass is 9.85. The van der Waals surface area contributed by atoms with Crippen molar-refractivity contribution in [1.82, 2.24) is 10.6 Å². The van der Waals surface area contributed by atoms with E-state index in [2.05, 4.69) is 22.5 Å². The SMILES string of the molecule is CN=C(NCC(C)(C)S(C)(=O)=O)NC(C)CCC1CCCCC1. The normalized spacial score (nSPS) is 19.4. The van der Waals surface area contributed by atoms with Crippen molar-refractivity contribution in [1.29, 1.82) is 0 Å². The standard InChI is InChI=1S/C17H35N3O2S/c1-14(11-12-15-9-7-6-8-10-15)20-16(18-4)19-13-17(2,3)23(5,21)22/h14-15H,6-13H2,1-5H3,(H2,18,19,20). The van der Waals surface area contributed by atoms with Crippen LogP contribution >= 0.6 is 0 Å². The molecule has 0 aromatic rings. The maximum atomic E-state index is 11.8. The lowest BCUT2D eigenvalue weighted by Gasteiger charge is -2.26. The Morgan fingerprint density at radius 1 is 1.26 bits per heavy atom. The van der Waals surface area contributed by atoms with Gasteiger partial charge in [-0.15, -0.1) is 0 Å². The van der Waals surface area contributed by atoms with E-state index in [1.54, 1.807) is 20.9 Å². The molecule has 1 rings (SSSR count). The van der Waals surface area contributed by atoms with Gasteiger partial charge in [0, 0.05) is 25.9 Å². The van der Waals surface area contributed by atoms with Gasteiger partial charge in [0.2, 0.25) is 0 Å². The summed E-state index contributed by atoms with van der Waals surface area (Å²) in [5, 5.41) is 6.52. The molecule has 0 saturated heterocycles. The van der Waals surface area contributed by atoms with E-state index in [4.69, 9.17) is 0 Å². The second-order valence-electron chi connectivity index (χ2n) is 7.58. The Morgan fingerprint density at radius 2 is 1.87 bits per heavy atom. The average molecular weight is 346 g/mol. The van der Waals surface area contributed by atoms with E-state index < -0.39 is 14.6 Å². The van der Waals surface area contributed by atoms with E-state index in [1.165, 1.54) is 44.8 Å². The molecule has 1 aliphatic rings. The molecule has 23 heavy (non-hydrogen) atoms. The van der Waals surface area contributed by atoms with Gasteiger partial charge in [-0.2, -0.15) is 0 Å². The number of sulfone groups is 1. The summed E-state index contributed by atoms with van der Waals surface area (Å²) >= 11 is 0. The summed E-state index contributed by atoms with van der Waals surface area (Å²) < 4.78 is 22.7.